The van der Waals surface area contributed by atoms with Crippen molar-refractivity contribution in [2.75, 3.05) is 0 Å². The van der Waals surface area contributed by atoms with Crippen LogP contribution in [-0.2, 0) is 0 Å². The fourth-order valence-electron chi connectivity index (χ4n) is 0.978. The third kappa shape index (κ3) is 1.73. The molecule has 1 aromatic carbocycles. The molecule has 2 aromatic rings. The van der Waals surface area contributed by atoms with E-state index in [-0.39, 0.29) is 10.8 Å². The van der Waals surface area contributed by atoms with Crippen LogP contribution in [0.4, 0.5) is 8.78 Å². The summed E-state index contributed by atoms with van der Waals surface area (Å²) in [6.07, 6.45) is 0. The average molecular weight is 233 g/mol. The van der Waals surface area contributed by atoms with Crippen LogP contribution in [0.15, 0.2) is 18.2 Å². The minimum atomic E-state index is -0.669. The molecule has 6 heteroatoms. The van der Waals surface area contributed by atoms with Gasteiger partial charge in [-0.3, -0.25) is 0 Å². The van der Waals surface area contributed by atoms with E-state index in [1.165, 1.54) is 6.07 Å². The highest BCUT2D eigenvalue weighted by Gasteiger charge is 2.10. The summed E-state index contributed by atoms with van der Waals surface area (Å²) >= 11 is 6.45. The number of halogens is 3. The van der Waals surface area contributed by atoms with Gasteiger partial charge in [0.15, 0.2) is 0 Å². The van der Waals surface area contributed by atoms with Crippen molar-refractivity contribution >= 4 is 23.1 Å². The summed E-state index contributed by atoms with van der Waals surface area (Å²) in [6, 6.07) is 3.26. The van der Waals surface area contributed by atoms with E-state index in [9.17, 15) is 8.78 Å². The van der Waals surface area contributed by atoms with Crippen LogP contribution in [0.3, 0.4) is 0 Å². The molecular formula is C8H3ClF2N2S. The van der Waals surface area contributed by atoms with Crippen molar-refractivity contribution < 1.29 is 8.78 Å². The van der Waals surface area contributed by atoms with Crippen LogP contribution in [0, 0.1) is 11.6 Å². The number of rotatable bonds is 1. The molecule has 0 N–H and O–H groups in total. The van der Waals surface area contributed by atoms with Gasteiger partial charge in [0.25, 0.3) is 0 Å². The first kappa shape index (κ1) is 9.48. The number of benzene rings is 1. The Hall–Kier alpha value is -1.07. The smallest absolute Gasteiger partial charge is 0.207 e. The Kier molecular flexibility index (Phi) is 2.43. The van der Waals surface area contributed by atoms with Gasteiger partial charge in [-0.2, -0.15) is 4.37 Å². The maximum atomic E-state index is 13.2. The van der Waals surface area contributed by atoms with Crippen LogP contribution < -0.4 is 0 Å². The van der Waals surface area contributed by atoms with Gasteiger partial charge in [0, 0.05) is 11.6 Å². The number of nitrogens with zero attached hydrogens (tertiary/aromatic N) is 2. The summed E-state index contributed by atoms with van der Waals surface area (Å²) in [5.41, 5.74) is 0.204. The van der Waals surface area contributed by atoms with Gasteiger partial charge in [-0.25, -0.2) is 13.8 Å². The van der Waals surface area contributed by atoms with Gasteiger partial charge < -0.3 is 0 Å². The normalized spacial score (nSPS) is 10.5. The zero-order chi connectivity index (χ0) is 10.1. The summed E-state index contributed by atoms with van der Waals surface area (Å²) < 4.78 is 29.5. The quantitative estimate of drug-likeness (QED) is 0.755. The fourth-order valence-corrected chi connectivity index (χ4v) is 1.81. The zero-order valence-electron chi connectivity index (χ0n) is 6.67. The van der Waals surface area contributed by atoms with Crippen molar-refractivity contribution in [2.24, 2.45) is 0 Å². The Labute approximate surface area is 87.3 Å². The topological polar surface area (TPSA) is 25.8 Å². The first-order valence-corrected chi connectivity index (χ1v) is 4.76. The molecule has 2 rings (SSSR count). The Morgan fingerprint density at radius 2 is 2.07 bits per heavy atom. The highest BCUT2D eigenvalue weighted by atomic mass is 35.5. The molecular weight excluding hydrogens is 230 g/mol. The summed E-state index contributed by atoms with van der Waals surface area (Å²) in [5.74, 6) is -1.29. The minimum absolute atomic E-state index is 0.0636. The van der Waals surface area contributed by atoms with E-state index in [0.717, 1.165) is 23.7 Å². The first-order valence-electron chi connectivity index (χ1n) is 3.61. The average Bonchev–Trinajstić information content (AvgIpc) is 2.51. The van der Waals surface area contributed by atoms with Gasteiger partial charge in [-0.1, -0.05) is 0 Å². The lowest BCUT2D eigenvalue weighted by Crippen LogP contribution is -1.85. The van der Waals surface area contributed by atoms with E-state index in [2.05, 4.69) is 9.36 Å². The molecule has 0 unspecified atom stereocenters. The van der Waals surface area contributed by atoms with E-state index in [1.54, 1.807) is 0 Å². The monoisotopic (exact) mass is 232 g/mol. The van der Waals surface area contributed by atoms with Gasteiger partial charge in [-0.15, -0.1) is 0 Å². The molecule has 0 aliphatic carbocycles. The van der Waals surface area contributed by atoms with Gasteiger partial charge in [0.2, 0.25) is 5.28 Å². The van der Waals surface area contributed by atoms with E-state index < -0.39 is 11.6 Å². The predicted molar refractivity (Wildman–Crippen MR) is 50.3 cm³/mol. The van der Waals surface area contributed by atoms with Crippen LogP contribution in [-0.4, -0.2) is 9.36 Å². The molecule has 0 aliphatic rings. The predicted octanol–water partition coefficient (Wildman–Crippen LogP) is 3.14. The second kappa shape index (κ2) is 3.59. The molecule has 0 atom stereocenters. The molecule has 14 heavy (non-hydrogen) atoms. The Morgan fingerprint density at radius 1 is 1.29 bits per heavy atom. The van der Waals surface area contributed by atoms with Crippen LogP contribution in [0.1, 0.15) is 0 Å². The second-order valence-electron chi connectivity index (χ2n) is 2.49. The lowest BCUT2D eigenvalue weighted by molar-refractivity contribution is 0.585. The van der Waals surface area contributed by atoms with Crippen molar-refractivity contribution in [3.63, 3.8) is 0 Å². The zero-order valence-corrected chi connectivity index (χ0v) is 8.24. The summed E-state index contributed by atoms with van der Waals surface area (Å²) in [4.78, 5) is 3.78. The van der Waals surface area contributed by atoms with Crippen LogP contribution in [0.5, 0.6) is 0 Å². The summed E-state index contributed by atoms with van der Waals surface area (Å²) in [5, 5.41) is 0.404. The lowest BCUT2D eigenvalue weighted by Gasteiger charge is -1.96. The minimum Gasteiger partial charge on any atom is -0.207 e. The third-order valence-corrected chi connectivity index (χ3v) is 2.58. The maximum absolute atomic E-state index is 13.2. The number of aromatic nitrogens is 2. The van der Waals surface area contributed by atoms with E-state index >= 15 is 0 Å². The molecule has 0 bridgehead atoms. The van der Waals surface area contributed by atoms with Crippen LogP contribution in [0.25, 0.3) is 10.6 Å². The molecule has 0 spiro atoms. The SMILES string of the molecule is Fc1ccc(-c2nc(Cl)ns2)c(F)c1. The Bertz CT molecular complexity index is 472. The van der Waals surface area contributed by atoms with Gasteiger partial charge >= 0.3 is 0 Å². The Morgan fingerprint density at radius 3 is 2.64 bits per heavy atom. The molecule has 1 aromatic heterocycles. The van der Waals surface area contributed by atoms with E-state index in [0.29, 0.717) is 5.01 Å². The van der Waals surface area contributed by atoms with Crippen LogP contribution in [0.2, 0.25) is 5.28 Å². The first-order chi connectivity index (χ1) is 6.66. The highest BCUT2D eigenvalue weighted by Crippen LogP contribution is 2.25. The highest BCUT2D eigenvalue weighted by molar-refractivity contribution is 7.09. The molecule has 0 aliphatic heterocycles. The molecule has 0 amide bonds. The molecule has 0 fully saturated rings. The summed E-state index contributed by atoms with van der Waals surface area (Å²) in [6.45, 7) is 0. The second-order valence-corrected chi connectivity index (χ2v) is 3.58. The van der Waals surface area contributed by atoms with Crippen molar-refractivity contribution in [1.29, 1.82) is 0 Å². The molecule has 0 saturated carbocycles. The largest absolute Gasteiger partial charge is 0.234 e. The number of hydrogen-bond acceptors (Lipinski definition) is 3. The number of hydrogen-bond donors (Lipinski definition) is 0. The van der Waals surface area contributed by atoms with Gasteiger partial charge in [0.05, 0.1) is 0 Å². The van der Waals surface area contributed by atoms with Crippen LogP contribution >= 0.6 is 23.1 Å². The fraction of sp³-hybridized carbons (Fsp3) is 0. The molecule has 0 radical (unpaired) electrons. The van der Waals surface area contributed by atoms with E-state index in [1.807, 2.05) is 0 Å². The standard InChI is InChI=1S/C8H3ClF2N2S/c9-8-12-7(14-13-8)5-2-1-4(10)3-6(5)11/h1-3H. The molecule has 0 saturated heterocycles. The van der Waals surface area contributed by atoms with Crippen molar-refractivity contribution in [3.05, 3.63) is 35.1 Å². The van der Waals surface area contributed by atoms with Crippen molar-refractivity contribution in [1.82, 2.24) is 9.36 Å². The molecule has 72 valence electrons. The lowest BCUT2D eigenvalue weighted by atomic mass is 10.2. The van der Waals surface area contributed by atoms with Gasteiger partial charge in [0.1, 0.15) is 16.6 Å². The van der Waals surface area contributed by atoms with E-state index in [4.69, 9.17) is 11.6 Å². The van der Waals surface area contributed by atoms with Gasteiger partial charge in [-0.05, 0) is 35.3 Å². The summed E-state index contributed by atoms with van der Waals surface area (Å²) in [7, 11) is 0. The molecule has 2 nitrogen and oxygen atoms in total. The molecule has 1 heterocycles. The van der Waals surface area contributed by atoms with Crippen molar-refractivity contribution in [2.45, 2.75) is 0 Å². The van der Waals surface area contributed by atoms with Crippen molar-refractivity contribution in [3.8, 4) is 10.6 Å². The Balaban J connectivity index is 2.52. The maximum Gasteiger partial charge on any atom is 0.234 e. The third-order valence-electron chi connectivity index (χ3n) is 1.56.